The molecule has 0 radical (unpaired) electrons. The number of allylic oxidation sites excluding steroid dienone is 2. The number of aryl methyl sites for hydroxylation is 1. The Morgan fingerprint density at radius 1 is 1.35 bits per heavy atom. The van der Waals surface area contributed by atoms with Gasteiger partial charge in [0.2, 0.25) is 0 Å². The van der Waals surface area contributed by atoms with E-state index in [2.05, 4.69) is 17.9 Å². The quantitative estimate of drug-likeness (QED) is 0.701. The number of rotatable bonds is 0. The lowest BCUT2D eigenvalue weighted by Gasteiger charge is -2.40. The van der Waals surface area contributed by atoms with E-state index in [0.29, 0.717) is 6.42 Å². The van der Waals surface area contributed by atoms with E-state index in [1.54, 1.807) is 6.08 Å². The van der Waals surface area contributed by atoms with Crippen molar-refractivity contribution in [3.8, 4) is 0 Å². The molecule has 0 spiro atoms. The highest BCUT2D eigenvalue weighted by Gasteiger charge is 2.30. The molecule has 0 aromatic heterocycles. The van der Waals surface area contributed by atoms with E-state index in [-0.39, 0.29) is 11.8 Å². The summed E-state index contributed by atoms with van der Waals surface area (Å²) < 4.78 is 0. The van der Waals surface area contributed by atoms with E-state index >= 15 is 0 Å². The van der Waals surface area contributed by atoms with Gasteiger partial charge in [0, 0.05) is 34.9 Å². The normalized spacial score (nSPS) is 22.9. The summed E-state index contributed by atoms with van der Waals surface area (Å²) in [5.74, 6) is 0.251. The summed E-state index contributed by atoms with van der Waals surface area (Å²) in [4.78, 5) is 13.9. The molecule has 0 aliphatic carbocycles. The van der Waals surface area contributed by atoms with Crippen molar-refractivity contribution in [3.63, 3.8) is 0 Å². The standard InChI is InChI=1S/C14H14ClNO/c1-9-6-13(17)8-12-4-2-10-7-11(15)3-5-14(10)16(9)12/h3,5,7-9H,2,4,6H2,1H3/t9-/m0/s1. The molecule has 1 aromatic rings. The SMILES string of the molecule is C[C@H]1CC(=O)C=C2CCc3cc(Cl)ccc3N21. The molecule has 3 heteroatoms. The minimum absolute atomic E-state index is 0.251. The third-order valence-corrected chi connectivity index (χ3v) is 3.76. The van der Waals surface area contributed by atoms with Gasteiger partial charge in [0.15, 0.2) is 5.78 Å². The Kier molecular flexibility index (Phi) is 2.48. The number of halogens is 1. The molecule has 2 aliphatic heterocycles. The molecule has 0 bridgehead atoms. The van der Waals surface area contributed by atoms with Crippen molar-refractivity contribution in [2.75, 3.05) is 4.90 Å². The molecule has 0 saturated carbocycles. The van der Waals surface area contributed by atoms with Gasteiger partial charge in [-0.05, 0) is 43.5 Å². The van der Waals surface area contributed by atoms with Crippen LogP contribution in [0.3, 0.4) is 0 Å². The second-order valence-electron chi connectivity index (χ2n) is 4.80. The zero-order valence-electron chi connectivity index (χ0n) is 9.74. The first-order chi connectivity index (χ1) is 8.15. The van der Waals surface area contributed by atoms with Crippen LogP contribution >= 0.6 is 11.6 Å². The largest absolute Gasteiger partial charge is 0.342 e. The summed E-state index contributed by atoms with van der Waals surface area (Å²) in [6.45, 7) is 2.11. The predicted molar refractivity (Wildman–Crippen MR) is 69.4 cm³/mol. The minimum atomic E-state index is 0.251. The smallest absolute Gasteiger partial charge is 0.159 e. The number of carbonyl (C=O) groups excluding carboxylic acids is 1. The molecule has 0 amide bonds. The van der Waals surface area contributed by atoms with E-state index in [1.807, 2.05) is 12.1 Å². The fourth-order valence-corrected chi connectivity index (χ4v) is 3.01. The van der Waals surface area contributed by atoms with Crippen LogP contribution in [0.5, 0.6) is 0 Å². The lowest BCUT2D eigenvalue weighted by atomic mass is 9.92. The molecule has 2 nitrogen and oxygen atoms in total. The Morgan fingerprint density at radius 2 is 2.18 bits per heavy atom. The van der Waals surface area contributed by atoms with Gasteiger partial charge in [0.25, 0.3) is 0 Å². The molecule has 3 rings (SSSR count). The summed E-state index contributed by atoms with van der Waals surface area (Å²) in [6.07, 6.45) is 4.31. The van der Waals surface area contributed by atoms with Crippen LogP contribution in [-0.4, -0.2) is 11.8 Å². The molecule has 0 N–H and O–H groups in total. The van der Waals surface area contributed by atoms with Gasteiger partial charge in [-0.25, -0.2) is 0 Å². The van der Waals surface area contributed by atoms with E-state index in [4.69, 9.17) is 11.6 Å². The van der Waals surface area contributed by atoms with Gasteiger partial charge in [-0.1, -0.05) is 11.6 Å². The van der Waals surface area contributed by atoms with Gasteiger partial charge in [-0.3, -0.25) is 4.79 Å². The first-order valence-electron chi connectivity index (χ1n) is 5.96. The fraction of sp³-hybridized carbons (Fsp3) is 0.357. The third-order valence-electron chi connectivity index (χ3n) is 3.53. The Balaban J connectivity index is 2.11. The molecule has 0 unspecified atom stereocenters. The molecule has 1 atom stereocenters. The van der Waals surface area contributed by atoms with Crippen molar-refractivity contribution in [1.29, 1.82) is 0 Å². The minimum Gasteiger partial charge on any atom is -0.342 e. The molecule has 17 heavy (non-hydrogen) atoms. The van der Waals surface area contributed by atoms with Crippen molar-refractivity contribution in [3.05, 3.63) is 40.6 Å². The number of hydrogen-bond donors (Lipinski definition) is 0. The van der Waals surface area contributed by atoms with Crippen LogP contribution < -0.4 is 4.90 Å². The number of anilines is 1. The summed E-state index contributed by atoms with van der Waals surface area (Å²) in [5.41, 5.74) is 3.66. The molecular formula is C14H14ClNO. The van der Waals surface area contributed by atoms with Crippen LogP contribution in [0.25, 0.3) is 0 Å². The van der Waals surface area contributed by atoms with Gasteiger partial charge in [0.05, 0.1) is 0 Å². The van der Waals surface area contributed by atoms with E-state index < -0.39 is 0 Å². The van der Waals surface area contributed by atoms with Gasteiger partial charge >= 0.3 is 0 Å². The maximum absolute atomic E-state index is 11.6. The summed E-state index contributed by atoms with van der Waals surface area (Å²) >= 11 is 6.02. The highest BCUT2D eigenvalue weighted by Crippen LogP contribution is 2.38. The zero-order chi connectivity index (χ0) is 12.0. The van der Waals surface area contributed by atoms with Crippen LogP contribution in [0.4, 0.5) is 5.69 Å². The van der Waals surface area contributed by atoms with Crippen molar-refractivity contribution in [1.82, 2.24) is 0 Å². The first-order valence-corrected chi connectivity index (χ1v) is 6.34. The Labute approximate surface area is 106 Å². The molecule has 2 aliphatic rings. The second-order valence-corrected chi connectivity index (χ2v) is 5.23. The van der Waals surface area contributed by atoms with E-state index in [0.717, 1.165) is 23.6 Å². The number of nitrogens with zero attached hydrogens (tertiary/aromatic N) is 1. The number of ketones is 1. The molecular weight excluding hydrogens is 234 g/mol. The zero-order valence-corrected chi connectivity index (χ0v) is 10.5. The number of hydrogen-bond acceptors (Lipinski definition) is 2. The van der Waals surface area contributed by atoms with Crippen molar-refractivity contribution >= 4 is 23.1 Å². The highest BCUT2D eigenvalue weighted by molar-refractivity contribution is 6.30. The fourth-order valence-electron chi connectivity index (χ4n) is 2.82. The van der Waals surface area contributed by atoms with Crippen LogP contribution in [0.2, 0.25) is 5.02 Å². The molecule has 0 saturated heterocycles. The topological polar surface area (TPSA) is 20.3 Å². The van der Waals surface area contributed by atoms with Gasteiger partial charge < -0.3 is 4.90 Å². The van der Waals surface area contributed by atoms with Crippen LogP contribution in [-0.2, 0) is 11.2 Å². The van der Waals surface area contributed by atoms with Crippen molar-refractivity contribution < 1.29 is 4.79 Å². The third kappa shape index (κ3) is 1.77. The first kappa shape index (κ1) is 10.8. The number of carbonyl (C=O) groups is 1. The van der Waals surface area contributed by atoms with E-state index in [1.165, 1.54) is 11.3 Å². The lowest BCUT2D eigenvalue weighted by Crippen LogP contribution is -2.40. The summed E-state index contributed by atoms with van der Waals surface area (Å²) in [6, 6.07) is 6.28. The monoisotopic (exact) mass is 247 g/mol. The molecule has 1 aromatic carbocycles. The molecule has 88 valence electrons. The second kappa shape index (κ2) is 3.88. The maximum atomic E-state index is 11.6. The molecule has 0 fully saturated rings. The van der Waals surface area contributed by atoms with Gasteiger partial charge in [-0.2, -0.15) is 0 Å². The highest BCUT2D eigenvalue weighted by atomic mass is 35.5. The van der Waals surface area contributed by atoms with Crippen molar-refractivity contribution in [2.24, 2.45) is 0 Å². The van der Waals surface area contributed by atoms with Crippen molar-refractivity contribution in [2.45, 2.75) is 32.2 Å². The average Bonchev–Trinajstić information content (AvgIpc) is 2.28. The van der Waals surface area contributed by atoms with E-state index in [9.17, 15) is 4.79 Å². The lowest BCUT2D eigenvalue weighted by molar-refractivity contribution is -0.115. The Hall–Kier alpha value is -1.28. The summed E-state index contributed by atoms with van der Waals surface area (Å²) in [5, 5.41) is 0.789. The molecule has 2 heterocycles. The van der Waals surface area contributed by atoms with Crippen LogP contribution in [0.1, 0.15) is 25.3 Å². The number of fused-ring (bicyclic) bond motifs is 3. The maximum Gasteiger partial charge on any atom is 0.159 e. The predicted octanol–water partition coefficient (Wildman–Crippen LogP) is 3.34. The Bertz CT molecular complexity index is 521. The van der Waals surface area contributed by atoms with Crippen LogP contribution in [0.15, 0.2) is 30.0 Å². The average molecular weight is 248 g/mol. The van der Waals surface area contributed by atoms with Crippen LogP contribution in [0, 0.1) is 0 Å². The Morgan fingerprint density at radius 3 is 3.00 bits per heavy atom. The van der Waals surface area contributed by atoms with Gasteiger partial charge in [0.1, 0.15) is 0 Å². The van der Waals surface area contributed by atoms with Gasteiger partial charge in [-0.15, -0.1) is 0 Å². The summed E-state index contributed by atoms with van der Waals surface area (Å²) in [7, 11) is 0. The number of benzene rings is 1.